The molecule has 1 fully saturated rings. The highest BCUT2D eigenvalue weighted by molar-refractivity contribution is 6.30. The van der Waals surface area contributed by atoms with Crippen molar-refractivity contribution in [3.8, 4) is 0 Å². The van der Waals surface area contributed by atoms with Crippen LogP contribution in [0.1, 0.15) is 37.8 Å². The number of halogens is 1. The van der Waals surface area contributed by atoms with Crippen molar-refractivity contribution < 1.29 is 19.5 Å². The van der Waals surface area contributed by atoms with Crippen LogP contribution in [0.25, 0.3) is 0 Å². The SMILES string of the molecule is CC(=O)N1CCC(C(=O)N[C@@H](CC(=O)O)c2ccc(Cl)cc2)CC1. The van der Waals surface area contributed by atoms with Crippen molar-refractivity contribution in [3.05, 3.63) is 34.9 Å². The van der Waals surface area contributed by atoms with Crippen LogP contribution in [-0.4, -0.2) is 40.9 Å². The summed E-state index contributed by atoms with van der Waals surface area (Å²) in [5, 5.41) is 12.5. The first-order chi connectivity index (χ1) is 11.4. The fraction of sp³-hybridized carbons (Fsp3) is 0.471. The molecule has 2 rings (SSSR count). The molecular weight excluding hydrogens is 332 g/mol. The van der Waals surface area contributed by atoms with Gasteiger partial charge in [0.15, 0.2) is 0 Å². The minimum atomic E-state index is -0.985. The number of benzene rings is 1. The minimum Gasteiger partial charge on any atom is -0.481 e. The molecule has 1 heterocycles. The second-order valence-electron chi connectivity index (χ2n) is 5.99. The molecule has 0 unspecified atom stereocenters. The van der Waals surface area contributed by atoms with E-state index >= 15 is 0 Å². The summed E-state index contributed by atoms with van der Waals surface area (Å²) < 4.78 is 0. The fourth-order valence-electron chi connectivity index (χ4n) is 2.87. The van der Waals surface area contributed by atoms with E-state index in [0.717, 1.165) is 0 Å². The number of amides is 2. The number of piperidine rings is 1. The third kappa shape index (κ3) is 4.96. The number of carbonyl (C=O) groups is 3. The minimum absolute atomic E-state index is 0.0128. The standard InChI is InChI=1S/C17H21ClN2O4/c1-11(21)20-8-6-13(7-9-20)17(24)19-15(10-16(22)23)12-2-4-14(18)5-3-12/h2-5,13,15H,6-10H2,1H3,(H,19,24)(H,22,23)/t15-/m0/s1. The monoisotopic (exact) mass is 352 g/mol. The van der Waals surface area contributed by atoms with Gasteiger partial charge in [0.05, 0.1) is 12.5 Å². The van der Waals surface area contributed by atoms with E-state index in [-0.39, 0.29) is 24.2 Å². The van der Waals surface area contributed by atoms with Crippen LogP contribution in [0, 0.1) is 5.92 Å². The predicted molar refractivity (Wildman–Crippen MR) is 89.6 cm³/mol. The average molecular weight is 353 g/mol. The van der Waals surface area contributed by atoms with Crippen LogP contribution in [-0.2, 0) is 14.4 Å². The molecule has 1 aromatic carbocycles. The zero-order chi connectivity index (χ0) is 17.7. The summed E-state index contributed by atoms with van der Waals surface area (Å²) in [6, 6.07) is 6.17. The van der Waals surface area contributed by atoms with E-state index < -0.39 is 12.0 Å². The lowest BCUT2D eigenvalue weighted by Gasteiger charge is -2.31. The summed E-state index contributed by atoms with van der Waals surface area (Å²) in [7, 11) is 0. The second-order valence-corrected chi connectivity index (χ2v) is 6.43. The average Bonchev–Trinajstić information content (AvgIpc) is 2.54. The maximum atomic E-state index is 12.5. The smallest absolute Gasteiger partial charge is 0.305 e. The van der Waals surface area contributed by atoms with E-state index in [1.165, 1.54) is 6.92 Å². The molecule has 7 heteroatoms. The van der Waals surface area contributed by atoms with Crippen LogP contribution in [0.4, 0.5) is 0 Å². The summed E-state index contributed by atoms with van der Waals surface area (Å²) in [5.41, 5.74) is 0.705. The largest absolute Gasteiger partial charge is 0.481 e. The van der Waals surface area contributed by atoms with Crippen LogP contribution in [0.2, 0.25) is 5.02 Å². The van der Waals surface area contributed by atoms with Crippen molar-refractivity contribution in [2.45, 2.75) is 32.2 Å². The Morgan fingerprint density at radius 2 is 1.83 bits per heavy atom. The van der Waals surface area contributed by atoms with E-state index in [1.54, 1.807) is 29.2 Å². The number of carbonyl (C=O) groups excluding carboxylic acids is 2. The summed E-state index contributed by atoms with van der Waals surface area (Å²) in [6.45, 7) is 2.62. The Kier molecular flexibility index (Phi) is 6.20. The second kappa shape index (κ2) is 8.15. The van der Waals surface area contributed by atoms with Crippen molar-refractivity contribution in [3.63, 3.8) is 0 Å². The summed E-state index contributed by atoms with van der Waals surface area (Å²) >= 11 is 5.85. The normalized spacial score (nSPS) is 16.5. The molecule has 1 atom stereocenters. The van der Waals surface area contributed by atoms with Gasteiger partial charge in [-0.25, -0.2) is 0 Å². The zero-order valence-electron chi connectivity index (χ0n) is 13.5. The van der Waals surface area contributed by atoms with Gasteiger partial charge >= 0.3 is 5.97 Å². The van der Waals surface area contributed by atoms with E-state index in [0.29, 0.717) is 36.5 Å². The Hall–Kier alpha value is -2.08. The highest BCUT2D eigenvalue weighted by Crippen LogP contribution is 2.23. The van der Waals surface area contributed by atoms with Crippen LogP contribution >= 0.6 is 11.6 Å². The van der Waals surface area contributed by atoms with Gasteiger partial charge in [-0.3, -0.25) is 14.4 Å². The van der Waals surface area contributed by atoms with Gasteiger partial charge in [0.2, 0.25) is 11.8 Å². The molecule has 1 aliphatic heterocycles. The topological polar surface area (TPSA) is 86.7 Å². The van der Waals surface area contributed by atoms with Crippen molar-refractivity contribution in [2.24, 2.45) is 5.92 Å². The Balaban J connectivity index is 2.01. The Morgan fingerprint density at radius 1 is 1.25 bits per heavy atom. The molecule has 6 nitrogen and oxygen atoms in total. The quantitative estimate of drug-likeness (QED) is 0.850. The molecular formula is C17H21ClN2O4. The van der Waals surface area contributed by atoms with Crippen LogP contribution in [0.15, 0.2) is 24.3 Å². The lowest BCUT2D eigenvalue weighted by Crippen LogP contribution is -2.43. The first-order valence-electron chi connectivity index (χ1n) is 7.90. The summed E-state index contributed by atoms with van der Waals surface area (Å²) in [4.78, 5) is 36.6. The molecule has 1 aromatic rings. The third-order valence-corrected chi connectivity index (χ3v) is 4.53. The van der Waals surface area contributed by atoms with Crippen molar-refractivity contribution >= 4 is 29.4 Å². The van der Waals surface area contributed by atoms with Crippen LogP contribution in [0.5, 0.6) is 0 Å². The van der Waals surface area contributed by atoms with Crippen molar-refractivity contribution in [1.82, 2.24) is 10.2 Å². The maximum Gasteiger partial charge on any atom is 0.305 e. The van der Waals surface area contributed by atoms with E-state index in [1.807, 2.05) is 0 Å². The van der Waals surface area contributed by atoms with Gasteiger partial charge < -0.3 is 15.3 Å². The van der Waals surface area contributed by atoms with E-state index in [2.05, 4.69) is 5.32 Å². The molecule has 0 aromatic heterocycles. The number of rotatable bonds is 5. The molecule has 24 heavy (non-hydrogen) atoms. The van der Waals surface area contributed by atoms with Gasteiger partial charge in [-0.2, -0.15) is 0 Å². The van der Waals surface area contributed by atoms with Gasteiger partial charge in [0.1, 0.15) is 0 Å². The maximum absolute atomic E-state index is 12.5. The zero-order valence-corrected chi connectivity index (χ0v) is 14.3. The molecule has 1 aliphatic rings. The molecule has 0 aliphatic carbocycles. The fourth-order valence-corrected chi connectivity index (χ4v) is 2.99. The van der Waals surface area contributed by atoms with Crippen molar-refractivity contribution in [2.75, 3.05) is 13.1 Å². The number of aliphatic carboxylic acids is 1. The van der Waals surface area contributed by atoms with Gasteiger partial charge in [-0.05, 0) is 30.5 Å². The molecule has 2 amide bonds. The molecule has 0 radical (unpaired) electrons. The van der Waals surface area contributed by atoms with E-state index in [9.17, 15) is 14.4 Å². The predicted octanol–water partition coefficient (Wildman–Crippen LogP) is 2.23. The molecule has 0 spiro atoms. The highest BCUT2D eigenvalue weighted by atomic mass is 35.5. The Morgan fingerprint density at radius 3 is 2.33 bits per heavy atom. The summed E-state index contributed by atoms with van der Waals surface area (Å²) in [6.07, 6.45) is 0.983. The highest BCUT2D eigenvalue weighted by Gasteiger charge is 2.28. The number of hydrogen-bond donors (Lipinski definition) is 2. The number of likely N-dealkylation sites (tertiary alicyclic amines) is 1. The molecule has 1 saturated heterocycles. The number of hydrogen-bond acceptors (Lipinski definition) is 3. The van der Waals surface area contributed by atoms with E-state index in [4.69, 9.17) is 16.7 Å². The van der Waals surface area contributed by atoms with Gasteiger partial charge in [-0.1, -0.05) is 23.7 Å². The third-order valence-electron chi connectivity index (χ3n) is 4.28. The van der Waals surface area contributed by atoms with Gasteiger partial charge in [0, 0.05) is 31.0 Å². The number of carboxylic acids is 1. The van der Waals surface area contributed by atoms with Crippen LogP contribution < -0.4 is 5.32 Å². The van der Waals surface area contributed by atoms with Crippen molar-refractivity contribution in [1.29, 1.82) is 0 Å². The van der Waals surface area contributed by atoms with Crippen LogP contribution in [0.3, 0.4) is 0 Å². The number of carboxylic acid groups (broad SMARTS) is 1. The molecule has 2 N–H and O–H groups in total. The molecule has 0 saturated carbocycles. The van der Waals surface area contributed by atoms with Gasteiger partial charge in [-0.15, -0.1) is 0 Å². The van der Waals surface area contributed by atoms with Gasteiger partial charge in [0.25, 0.3) is 0 Å². The molecule has 0 bridgehead atoms. The Bertz CT molecular complexity index is 610. The molecule has 130 valence electrons. The summed E-state index contributed by atoms with van der Waals surface area (Å²) in [5.74, 6) is -1.34. The Labute approximate surface area is 145 Å². The first kappa shape index (κ1) is 18.3. The lowest BCUT2D eigenvalue weighted by molar-refractivity contribution is -0.138. The lowest BCUT2D eigenvalue weighted by atomic mass is 9.94. The first-order valence-corrected chi connectivity index (χ1v) is 8.27. The number of nitrogens with zero attached hydrogens (tertiary/aromatic N) is 1. The number of nitrogens with one attached hydrogen (secondary N) is 1.